The Hall–Kier alpha value is -7.76. The molecule has 59 heavy (non-hydrogen) atoms. The zero-order valence-corrected chi connectivity index (χ0v) is 32.0. The van der Waals surface area contributed by atoms with Gasteiger partial charge in [-0.15, -0.1) is 0 Å². The molecule has 0 aliphatic heterocycles. The number of anilines is 6. The van der Waals surface area contributed by atoms with Crippen molar-refractivity contribution in [3.63, 3.8) is 0 Å². The number of benzene rings is 9. The average molecular weight is 766 g/mol. The molecule has 0 aliphatic carbocycles. The van der Waals surface area contributed by atoms with Gasteiger partial charge in [0.25, 0.3) is 0 Å². The molecule has 0 atom stereocenters. The third-order valence-corrected chi connectivity index (χ3v) is 10.9. The number of nitrogens with zero attached hydrogens (tertiary/aromatic N) is 3. The maximum atomic E-state index is 14.4. The van der Waals surface area contributed by atoms with Crippen molar-refractivity contribution in [1.29, 1.82) is 0 Å². The number of halogens is 2. The van der Waals surface area contributed by atoms with Gasteiger partial charge in [-0.05, 0) is 138 Å². The van der Waals surface area contributed by atoms with Crippen LogP contribution in [-0.2, 0) is 0 Å². The number of rotatable bonds is 9. The lowest BCUT2D eigenvalue weighted by atomic mass is 10.00. The van der Waals surface area contributed by atoms with Gasteiger partial charge in [0.2, 0.25) is 0 Å². The standard InChI is InChI=1S/C54H37F2N3/c55-42-23-29-46(30-24-42)57(44-14-6-2-7-15-44)49-34-41(35-50(37-49)58(45-16-8-3-9-17-45)47-31-25-43(56)26-32-47)40-22-33-52-51-18-10-11-19-53(51)59(54(52)36-40)48-27-20-39(21-28-48)38-12-4-1-5-13-38/h1-37H. The van der Waals surface area contributed by atoms with Crippen LogP contribution in [-0.4, -0.2) is 4.57 Å². The highest BCUT2D eigenvalue weighted by Crippen LogP contribution is 2.44. The molecular formula is C54H37F2N3. The van der Waals surface area contributed by atoms with E-state index < -0.39 is 0 Å². The molecule has 5 heteroatoms. The van der Waals surface area contributed by atoms with Crippen LogP contribution < -0.4 is 9.80 Å². The molecule has 10 aromatic rings. The first-order valence-corrected chi connectivity index (χ1v) is 19.6. The third-order valence-electron chi connectivity index (χ3n) is 10.9. The Kier molecular flexibility index (Phi) is 9.24. The second-order valence-corrected chi connectivity index (χ2v) is 14.5. The van der Waals surface area contributed by atoms with E-state index in [1.54, 1.807) is 24.3 Å². The highest BCUT2D eigenvalue weighted by molar-refractivity contribution is 6.10. The number of aromatic nitrogens is 1. The average Bonchev–Trinajstić information content (AvgIpc) is 3.63. The molecule has 1 heterocycles. The summed E-state index contributed by atoms with van der Waals surface area (Å²) in [4.78, 5) is 4.29. The molecular weight excluding hydrogens is 729 g/mol. The van der Waals surface area contributed by atoms with E-state index in [1.807, 2.05) is 42.5 Å². The van der Waals surface area contributed by atoms with Crippen molar-refractivity contribution in [3.05, 3.63) is 236 Å². The number of fused-ring (bicyclic) bond motifs is 3. The van der Waals surface area contributed by atoms with Gasteiger partial charge in [0, 0.05) is 50.6 Å². The maximum absolute atomic E-state index is 14.4. The summed E-state index contributed by atoms with van der Waals surface area (Å²) in [5, 5.41) is 2.33. The summed E-state index contributed by atoms with van der Waals surface area (Å²) in [7, 11) is 0. The van der Waals surface area contributed by atoms with E-state index >= 15 is 0 Å². The molecule has 3 nitrogen and oxygen atoms in total. The Bertz CT molecular complexity index is 2930. The molecule has 0 radical (unpaired) electrons. The van der Waals surface area contributed by atoms with Gasteiger partial charge < -0.3 is 14.4 Å². The summed E-state index contributed by atoms with van der Waals surface area (Å²) in [5.74, 6) is -0.609. The molecule has 282 valence electrons. The minimum Gasteiger partial charge on any atom is -0.310 e. The van der Waals surface area contributed by atoms with Gasteiger partial charge in [0.15, 0.2) is 0 Å². The minimum atomic E-state index is -0.304. The summed E-state index contributed by atoms with van der Waals surface area (Å²) in [5.41, 5.74) is 12.8. The number of hydrogen-bond acceptors (Lipinski definition) is 2. The summed E-state index contributed by atoms with van der Waals surface area (Å²) in [6.45, 7) is 0. The van der Waals surface area contributed by atoms with E-state index in [4.69, 9.17) is 0 Å². The lowest BCUT2D eigenvalue weighted by molar-refractivity contribution is 0.627. The highest BCUT2D eigenvalue weighted by Gasteiger charge is 2.21. The van der Waals surface area contributed by atoms with Crippen LogP contribution in [0.1, 0.15) is 0 Å². The first-order chi connectivity index (χ1) is 29.1. The molecule has 0 unspecified atom stereocenters. The van der Waals surface area contributed by atoms with Gasteiger partial charge in [-0.1, -0.05) is 109 Å². The Balaban J connectivity index is 1.21. The molecule has 10 rings (SSSR count). The maximum Gasteiger partial charge on any atom is 0.123 e. The normalized spacial score (nSPS) is 11.2. The van der Waals surface area contributed by atoms with E-state index in [1.165, 1.54) is 35.2 Å². The van der Waals surface area contributed by atoms with Gasteiger partial charge in [-0.3, -0.25) is 0 Å². The topological polar surface area (TPSA) is 11.4 Å². The van der Waals surface area contributed by atoms with Gasteiger partial charge in [0.05, 0.1) is 11.0 Å². The molecule has 0 aliphatic rings. The summed E-state index contributed by atoms with van der Waals surface area (Å²) >= 11 is 0. The van der Waals surface area contributed by atoms with Crippen molar-refractivity contribution in [3.8, 4) is 27.9 Å². The van der Waals surface area contributed by atoms with Crippen LogP contribution in [0.5, 0.6) is 0 Å². The van der Waals surface area contributed by atoms with Gasteiger partial charge >= 0.3 is 0 Å². The van der Waals surface area contributed by atoms with Crippen molar-refractivity contribution in [2.45, 2.75) is 0 Å². The molecule has 0 amide bonds. The second-order valence-electron chi connectivity index (χ2n) is 14.5. The van der Waals surface area contributed by atoms with Crippen LogP contribution in [0.4, 0.5) is 42.9 Å². The van der Waals surface area contributed by atoms with Crippen molar-refractivity contribution in [2.24, 2.45) is 0 Å². The van der Waals surface area contributed by atoms with Crippen molar-refractivity contribution in [2.75, 3.05) is 9.80 Å². The van der Waals surface area contributed by atoms with Gasteiger partial charge in [-0.2, -0.15) is 0 Å². The van der Waals surface area contributed by atoms with E-state index in [2.05, 4.69) is 148 Å². The Morgan fingerprint density at radius 2 is 0.729 bits per heavy atom. The fourth-order valence-electron chi connectivity index (χ4n) is 8.11. The van der Waals surface area contributed by atoms with E-state index in [0.29, 0.717) is 0 Å². The lowest BCUT2D eigenvalue weighted by Gasteiger charge is -2.30. The fourth-order valence-corrected chi connectivity index (χ4v) is 8.11. The summed E-state index contributed by atoms with van der Waals surface area (Å²) < 4.78 is 31.2. The first kappa shape index (κ1) is 35.6. The largest absolute Gasteiger partial charge is 0.310 e. The zero-order valence-electron chi connectivity index (χ0n) is 32.0. The zero-order chi connectivity index (χ0) is 39.7. The SMILES string of the molecule is Fc1ccc(N(c2ccccc2)c2cc(-c3ccc4c5ccccc5n(-c5ccc(-c6ccccc6)cc5)c4c3)cc(N(c3ccccc3)c3ccc(F)cc3)c2)cc1. The van der Waals surface area contributed by atoms with Gasteiger partial charge in [0.1, 0.15) is 11.6 Å². The van der Waals surface area contributed by atoms with Crippen LogP contribution in [0.2, 0.25) is 0 Å². The van der Waals surface area contributed by atoms with E-state index in [-0.39, 0.29) is 11.6 Å². The third kappa shape index (κ3) is 6.89. The Morgan fingerprint density at radius 1 is 0.288 bits per heavy atom. The predicted octanol–water partition coefficient (Wildman–Crippen LogP) is 15.3. The molecule has 1 aromatic heterocycles. The summed E-state index contributed by atoms with van der Waals surface area (Å²) in [6, 6.07) is 74.3. The quantitative estimate of drug-likeness (QED) is 0.145. The van der Waals surface area contributed by atoms with Crippen molar-refractivity contribution < 1.29 is 8.78 Å². The van der Waals surface area contributed by atoms with E-state index in [9.17, 15) is 8.78 Å². The highest BCUT2D eigenvalue weighted by atomic mass is 19.1. The monoisotopic (exact) mass is 765 g/mol. The molecule has 0 bridgehead atoms. The second kappa shape index (κ2) is 15.3. The van der Waals surface area contributed by atoms with Gasteiger partial charge in [-0.25, -0.2) is 8.78 Å². The summed E-state index contributed by atoms with van der Waals surface area (Å²) in [6.07, 6.45) is 0. The Morgan fingerprint density at radius 3 is 1.29 bits per heavy atom. The molecule has 0 saturated carbocycles. The van der Waals surface area contributed by atoms with Crippen molar-refractivity contribution in [1.82, 2.24) is 4.57 Å². The number of para-hydroxylation sites is 3. The van der Waals surface area contributed by atoms with Crippen LogP contribution in [0.3, 0.4) is 0 Å². The molecule has 0 fully saturated rings. The van der Waals surface area contributed by atoms with Crippen LogP contribution in [0.25, 0.3) is 49.7 Å². The molecule has 0 saturated heterocycles. The molecule has 9 aromatic carbocycles. The molecule has 0 N–H and O–H groups in total. The van der Waals surface area contributed by atoms with Crippen molar-refractivity contribution >= 4 is 55.9 Å². The number of hydrogen-bond donors (Lipinski definition) is 0. The van der Waals surface area contributed by atoms with Crippen LogP contribution >= 0.6 is 0 Å². The van der Waals surface area contributed by atoms with E-state index in [0.717, 1.165) is 72.9 Å². The Labute approximate surface area is 341 Å². The first-order valence-electron chi connectivity index (χ1n) is 19.6. The van der Waals surface area contributed by atoms with Crippen LogP contribution in [0.15, 0.2) is 224 Å². The van der Waals surface area contributed by atoms with Crippen LogP contribution in [0, 0.1) is 11.6 Å². The lowest BCUT2D eigenvalue weighted by Crippen LogP contribution is -2.13. The predicted molar refractivity (Wildman–Crippen MR) is 241 cm³/mol. The molecule has 0 spiro atoms. The smallest absolute Gasteiger partial charge is 0.123 e. The fraction of sp³-hybridized carbons (Fsp3) is 0. The minimum absolute atomic E-state index is 0.304.